The number of hydrogen-bond donors (Lipinski definition) is 1. The van der Waals surface area contributed by atoms with Crippen molar-refractivity contribution in [1.82, 2.24) is 10.2 Å². The van der Waals surface area contributed by atoms with E-state index < -0.39 is 0 Å². The van der Waals surface area contributed by atoms with Gasteiger partial charge in [-0.15, -0.1) is 0 Å². The molecule has 2 aliphatic carbocycles. The molecule has 0 radical (unpaired) electrons. The van der Waals surface area contributed by atoms with E-state index in [9.17, 15) is 0 Å². The molecule has 112 valence electrons. The van der Waals surface area contributed by atoms with E-state index in [0.717, 1.165) is 18.0 Å². The van der Waals surface area contributed by atoms with Gasteiger partial charge in [-0.2, -0.15) is 0 Å². The Balaban J connectivity index is 1.75. The zero-order chi connectivity index (χ0) is 14.0. The first-order chi connectivity index (χ1) is 8.89. The minimum atomic E-state index is 0.583. The first kappa shape index (κ1) is 15.3. The van der Waals surface area contributed by atoms with Gasteiger partial charge in [0.2, 0.25) is 0 Å². The molecule has 0 aliphatic heterocycles. The Morgan fingerprint density at radius 1 is 1.11 bits per heavy atom. The van der Waals surface area contributed by atoms with E-state index in [1.165, 1.54) is 45.1 Å². The lowest BCUT2D eigenvalue weighted by molar-refractivity contribution is 0.0795. The molecule has 1 N–H and O–H groups in total. The van der Waals surface area contributed by atoms with Crippen LogP contribution in [0.4, 0.5) is 0 Å². The van der Waals surface area contributed by atoms with Crippen LogP contribution in [0, 0.1) is 11.3 Å². The average molecular weight is 266 g/mol. The van der Waals surface area contributed by atoms with E-state index in [2.05, 4.69) is 45.0 Å². The van der Waals surface area contributed by atoms with Crippen LogP contribution in [-0.2, 0) is 0 Å². The van der Waals surface area contributed by atoms with Crippen molar-refractivity contribution >= 4 is 0 Å². The molecule has 2 heteroatoms. The van der Waals surface area contributed by atoms with Gasteiger partial charge in [0.25, 0.3) is 0 Å². The van der Waals surface area contributed by atoms with E-state index in [-0.39, 0.29) is 0 Å². The van der Waals surface area contributed by atoms with E-state index in [4.69, 9.17) is 0 Å². The normalized spacial score (nSPS) is 27.5. The summed E-state index contributed by atoms with van der Waals surface area (Å²) in [5.41, 5.74) is 0.583. The van der Waals surface area contributed by atoms with Crippen LogP contribution in [0.5, 0.6) is 0 Å². The summed E-state index contributed by atoms with van der Waals surface area (Å²) in [7, 11) is 2.35. The summed E-state index contributed by atoms with van der Waals surface area (Å²) in [5, 5.41) is 3.68. The van der Waals surface area contributed by atoms with Gasteiger partial charge in [0.15, 0.2) is 0 Å². The Hall–Kier alpha value is -0.0800. The predicted octanol–water partition coefficient (Wildman–Crippen LogP) is 3.66. The topological polar surface area (TPSA) is 15.3 Å². The SMILES string of the molecule is CC(CNC1CC1)C(C)N(C)C1CCC(C)(C)CC1. The number of nitrogens with zero attached hydrogens (tertiary/aromatic N) is 1. The molecule has 2 unspecified atom stereocenters. The second-order valence-electron chi connectivity index (χ2n) is 7.96. The van der Waals surface area contributed by atoms with Crippen molar-refractivity contribution in [2.45, 2.75) is 84.3 Å². The summed E-state index contributed by atoms with van der Waals surface area (Å²) in [4.78, 5) is 2.66. The third kappa shape index (κ3) is 4.46. The van der Waals surface area contributed by atoms with Gasteiger partial charge in [-0.25, -0.2) is 0 Å². The van der Waals surface area contributed by atoms with Crippen LogP contribution < -0.4 is 5.32 Å². The predicted molar refractivity (Wildman–Crippen MR) is 83.5 cm³/mol. The minimum Gasteiger partial charge on any atom is -0.314 e. The highest BCUT2D eigenvalue weighted by Gasteiger charge is 2.31. The molecule has 2 aliphatic rings. The fourth-order valence-corrected chi connectivity index (χ4v) is 3.34. The van der Waals surface area contributed by atoms with Gasteiger partial charge in [-0.3, -0.25) is 0 Å². The van der Waals surface area contributed by atoms with Crippen LogP contribution in [0.15, 0.2) is 0 Å². The summed E-state index contributed by atoms with van der Waals surface area (Å²) in [6.45, 7) is 10.9. The second kappa shape index (κ2) is 6.13. The fourth-order valence-electron chi connectivity index (χ4n) is 3.34. The summed E-state index contributed by atoms with van der Waals surface area (Å²) in [6, 6.07) is 2.35. The van der Waals surface area contributed by atoms with Crippen LogP contribution in [0.3, 0.4) is 0 Å². The second-order valence-corrected chi connectivity index (χ2v) is 7.96. The van der Waals surface area contributed by atoms with E-state index >= 15 is 0 Å². The molecule has 2 fully saturated rings. The third-order valence-electron chi connectivity index (χ3n) is 5.66. The van der Waals surface area contributed by atoms with Crippen molar-refractivity contribution in [3.63, 3.8) is 0 Å². The molecule has 2 atom stereocenters. The van der Waals surface area contributed by atoms with Crippen LogP contribution in [0.1, 0.15) is 66.2 Å². The maximum atomic E-state index is 3.68. The van der Waals surface area contributed by atoms with Crippen molar-refractivity contribution < 1.29 is 0 Å². The molecule has 2 rings (SSSR count). The molecule has 2 saturated carbocycles. The summed E-state index contributed by atoms with van der Waals surface area (Å²) in [6.07, 6.45) is 8.35. The molecule has 0 bridgehead atoms. The fraction of sp³-hybridized carbons (Fsp3) is 1.00. The van der Waals surface area contributed by atoms with Crippen molar-refractivity contribution in [2.75, 3.05) is 13.6 Å². The van der Waals surface area contributed by atoms with Gasteiger partial charge in [0, 0.05) is 18.1 Å². The first-order valence-corrected chi connectivity index (χ1v) is 8.34. The maximum Gasteiger partial charge on any atom is 0.0105 e. The minimum absolute atomic E-state index is 0.583. The van der Waals surface area contributed by atoms with E-state index in [1.807, 2.05) is 0 Å². The van der Waals surface area contributed by atoms with Crippen LogP contribution in [-0.4, -0.2) is 36.6 Å². The highest BCUT2D eigenvalue weighted by Crippen LogP contribution is 2.37. The smallest absolute Gasteiger partial charge is 0.0105 e. The Morgan fingerprint density at radius 3 is 2.21 bits per heavy atom. The number of hydrogen-bond acceptors (Lipinski definition) is 2. The first-order valence-electron chi connectivity index (χ1n) is 8.34. The van der Waals surface area contributed by atoms with Crippen molar-refractivity contribution in [2.24, 2.45) is 11.3 Å². The van der Waals surface area contributed by atoms with Gasteiger partial charge >= 0.3 is 0 Å². The summed E-state index contributed by atoms with van der Waals surface area (Å²) in [5.74, 6) is 0.750. The Kier molecular flexibility index (Phi) is 4.94. The van der Waals surface area contributed by atoms with Gasteiger partial charge in [-0.05, 0) is 70.4 Å². The van der Waals surface area contributed by atoms with E-state index in [1.54, 1.807) is 0 Å². The molecule has 0 saturated heterocycles. The van der Waals surface area contributed by atoms with Gasteiger partial charge in [0.1, 0.15) is 0 Å². The molecule has 0 aromatic carbocycles. The lowest BCUT2D eigenvalue weighted by Gasteiger charge is -2.42. The molecule has 0 spiro atoms. The van der Waals surface area contributed by atoms with Crippen molar-refractivity contribution in [1.29, 1.82) is 0 Å². The Bertz CT molecular complexity index is 273. The molecule has 2 nitrogen and oxygen atoms in total. The third-order valence-corrected chi connectivity index (χ3v) is 5.66. The molecule has 0 aromatic heterocycles. The quantitative estimate of drug-likeness (QED) is 0.789. The summed E-state index contributed by atoms with van der Waals surface area (Å²) < 4.78 is 0. The van der Waals surface area contributed by atoms with Gasteiger partial charge < -0.3 is 10.2 Å². The standard InChI is InChI=1S/C17H34N2/c1-13(12-18-15-6-7-15)14(2)19(5)16-8-10-17(3,4)11-9-16/h13-16,18H,6-12H2,1-5H3. The highest BCUT2D eigenvalue weighted by atomic mass is 15.2. The Labute approximate surface area is 120 Å². The molecule has 0 heterocycles. The van der Waals surface area contributed by atoms with E-state index in [0.29, 0.717) is 11.5 Å². The highest BCUT2D eigenvalue weighted by molar-refractivity contribution is 4.87. The van der Waals surface area contributed by atoms with Crippen LogP contribution in [0.2, 0.25) is 0 Å². The monoisotopic (exact) mass is 266 g/mol. The molecular formula is C17H34N2. The molecular weight excluding hydrogens is 232 g/mol. The molecule has 0 aromatic rings. The average Bonchev–Trinajstić information content (AvgIpc) is 3.18. The Morgan fingerprint density at radius 2 is 1.68 bits per heavy atom. The molecule has 0 amide bonds. The zero-order valence-electron chi connectivity index (χ0n) is 13.7. The lowest BCUT2D eigenvalue weighted by Crippen LogP contribution is -2.46. The van der Waals surface area contributed by atoms with Crippen molar-refractivity contribution in [3.8, 4) is 0 Å². The molecule has 19 heavy (non-hydrogen) atoms. The number of rotatable bonds is 6. The van der Waals surface area contributed by atoms with Crippen LogP contribution in [0.25, 0.3) is 0 Å². The van der Waals surface area contributed by atoms with Gasteiger partial charge in [0.05, 0.1) is 0 Å². The van der Waals surface area contributed by atoms with Gasteiger partial charge in [-0.1, -0.05) is 20.8 Å². The van der Waals surface area contributed by atoms with Crippen LogP contribution >= 0.6 is 0 Å². The lowest BCUT2D eigenvalue weighted by atomic mass is 9.75. The zero-order valence-corrected chi connectivity index (χ0v) is 13.7. The largest absolute Gasteiger partial charge is 0.314 e. The van der Waals surface area contributed by atoms with Crippen molar-refractivity contribution in [3.05, 3.63) is 0 Å². The maximum absolute atomic E-state index is 3.68. The summed E-state index contributed by atoms with van der Waals surface area (Å²) >= 11 is 0. The number of nitrogens with one attached hydrogen (secondary N) is 1.